The number of aliphatic hydroxyl groups excluding tert-OH is 2. The number of rotatable bonds is 41. The molecule has 0 bridgehead atoms. The van der Waals surface area contributed by atoms with Gasteiger partial charge in [-0.15, -0.1) is 0 Å². The summed E-state index contributed by atoms with van der Waals surface area (Å²) in [6, 6.07) is 0. The second-order valence-electron chi connectivity index (χ2n) is 14.3. The van der Waals surface area contributed by atoms with Crippen LogP contribution in [0.25, 0.3) is 0 Å². The Balaban J connectivity index is 3.88. The molecule has 2 N–H and O–H groups in total. The molecule has 50 heavy (non-hydrogen) atoms. The van der Waals surface area contributed by atoms with E-state index in [1.165, 1.54) is 64.2 Å². The highest BCUT2D eigenvalue weighted by Gasteiger charge is 2.20. The summed E-state index contributed by atoms with van der Waals surface area (Å²) in [4.78, 5) is 12.2. The first kappa shape index (κ1) is 49.2. The summed E-state index contributed by atoms with van der Waals surface area (Å²) in [6.45, 7) is 10.6. The predicted octanol–water partition coefficient (Wildman–Crippen LogP) is 11.0. The minimum Gasteiger partial charge on any atom is -0.466 e. The highest BCUT2D eigenvalue weighted by molar-refractivity contribution is 5.69. The summed E-state index contributed by atoms with van der Waals surface area (Å²) in [5, 5.41) is 21.5. The van der Waals surface area contributed by atoms with Crippen molar-refractivity contribution in [1.82, 2.24) is 0 Å². The largest absolute Gasteiger partial charge is 0.466 e. The van der Waals surface area contributed by atoms with Crippen molar-refractivity contribution in [3.05, 3.63) is 0 Å². The Morgan fingerprint density at radius 3 is 1.24 bits per heavy atom. The SMILES string of the molecule is CCCCCCCCC(O)C(CCCCCCCC(=O)OCCCCCCCCC(O)C(CCCCCCCC)OCOCC)OCOCC. The van der Waals surface area contributed by atoms with Gasteiger partial charge in [-0.25, -0.2) is 0 Å². The Bertz CT molecular complexity index is 678. The Labute approximate surface area is 309 Å². The molecule has 8 heteroatoms. The van der Waals surface area contributed by atoms with Gasteiger partial charge in [0.25, 0.3) is 0 Å². The van der Waals surface area contributed by atoms with Crippen LogP contribution in [0.5, 0.6) is 0 Å². The molecule has 0 spiro atoms. The zero-order valence-corrected chi connectivity index (χ0v) is 33.5. The lowest BCUT2D eigenvalue weighted by molar-refractivity contribution is -0.143. The number of hydrogen-bond donors (Lipinski definition) is 2. The van der Waals surface area contributed by atoms with Gasteiger partial charge < -0.3 is 33.9 Å². The summed E-state index contributed by atoms with van der Waals surface area (Å²) >= 11 is 0. The fraction of sp³-hybridized carbons (Fsp3) is 0.976. The summed E-state index contributed by atoms with van der Waals surface area (Å²) in [7, 11) is 0. The molecular weight excluding hydrogens is 632 g/mol. The molecule has 8 nitrogen and oxygen atoms in total. The molecule has 0 saturated heterocycles. The predicted molar refractivity (Wildman–Crippen MR) is 206 cm³/mol. The van der Waals surface area contributed by atoms with E-state index < -0.39 is 12.2 Å². The highest BCUT2D eigenvalue weighted by Crippen LogP contribution is 2.19. The molecule has 0 aliphatic heterocycles. The third-order valence-electron chi connectivity index (χ3n) is 9.72. The second kappa shape index (κ2) is 39.4. The number of carbonyl (C=O) groups excluding carboxylic acids is 1. The molecule has 0 radical (unpaired) electrons. The van der Waals surface area contributed by atoms with Gasteiger partial charge in [0.05, 0.1) is 31.0 Å². The van der Waals surface area contributed by atoms with Crippen molar-refractivity contribution in [1.29, 1.82) is 0 Å². The van der Waals surface area contributed by atoms with Gasteiger partial charge in [-0.05, 0) is 52.4 Å². The Hall–Kier alpha value is -0.770. The molecule has 0 saturated carbocycles. The lowest BCUT2D eigenvalue weighted by Gasteiger charge is -2.23. The van der Waals surface area contributed by atoms with E-state index in [0.717, 1.165) is 109 Å². The average Bonchev–Trinajstić information content (AvgIpc) is 3.11. The summed E-state index contributed by atoms with van der Waals surface area (Å²) in [6.07, 6.45) is 28.8. The van der Waals surface area contributed by atoms with Gasteiger partial charge in [-0.2, -0.15) is 0 Å². The fourth-order valence-electron chi connectivity index (χ4n) is 6.41. The third-order valence-corrected chi connectivity index (χ3v) is 9.72. The lowest BCUT2D eigenvalue weighted by atomic mass is 9.99. The molecule has 4 atom stereocenters. The first-order valence-electron chi connectivity index (χ1n) is 21.4. The zero-order valence-electron chi connectivity index (χ0n) is 33.5. The maximum absolute atomic E-state index is 12.2. The number of aliphatic hydroxyl groups is 2. The van der Waals surface area contributed by atoms with Crippen LogP contribution in [0.3, 0.4) is 0 Å². The standard InChI is InChI=1S/C42H84O8/c1-5-9-11-13-18-24-30-38(43)41(50-37-47-8-4)33-27-21-17-22-28-34-42(45)48-35-29-23-16-15-19-25-31-39(44)40(49-36-46-7-3)32-26-20-14-12-10-6-2/h38-41,43-44H,5-37H2,1-4H3. The molecule has 0 rings (SSSR count). The molecule has 0 amide bonds. The Kier molecular flexibility index (Phi) is 38.8. The van der Waals surface area contributed by atoms with Crippen LogP contribution < -0.4 is 0 Å². The third kappa shape index (κ3) is 33.1. The zero-order chi connectivity index (χ0) is 36.8. The van der Waals surface area contributed by atoms with Crippen molar-refractivity contribution >= 4 is 5.97 Å². The van der Waals surface area contributed by atoms with E-state index >= 15 is 0 Å². The lowest BCUT2D eigenvalue weighted by Crippen LogP contribution is -2.30. The molecule has 0 aromatic heterocycles. The molecule has 0 aliphatic carbocycles. The van der Waals surface area contributed by atoms with Crippen molar-refractivity contribution in [3.8, 4) is 0 Å². The number of esters is 1. The Morgan fingerprint density at radius 2 is 0.820 bits per heavy atom. The molecule has 0 fully saturated rings. The Morgan fingerprint density at radius 1 is 0.460 bits per heavy atom. The molecule has 0 aromatic carbocycles. The minimum atomic E-state index is -0.431. The monoisotopic (exact) mass is 717 g/mol. The number of ether oxygens (including phenoxy) is 5. The van der Waals surface area contributed by atoms with Crippen LogP contribution in [-0.4, -0.2) is 74.0 Å². The summed E-state index contributed by atoms with van der Waals surface area (Å²) in [5.74, 6) is -0.0803. The van der Waals surface area contributed by atoms with Gasteiger partial charge in [0.2, 0.25) is 0 Å². The van der Waals surface area contributed by atoms with Crippen LogP contribution in [0.1, 0.15) is 207 Å². The van der Waals surface area contributed by atoms with Crippen molar-refractivity contribution in [2.24, 2.45) is 0 Å². The van der Waals surface area contributed by atoms with Gasteiger partial charge >= 0.3 is 5.97 Å². The topological polar surface area (TPSA) is 104 Å². The van der Waals surface area contributed by atoms with E-state index in [-0.39, 0.29) is 31.8 Å². The van der Waals surface area contributed by atoms with Gasteiger partial charge in [0, 0.05) is 19.6 Å². The average molecular weight is 717 g/mol. The van der Waals surface area contributed by atoms with Crippen LogP contribution in [0.2, 0.25) is 0 Å². The second-order valence-corrected chi connectivity index (χ2v) is 14.3. The van der Waals surface area contributed by atoms with Crippen LogP contribution in [0.15, 0.2) is 0 Å². The normalized spacial score (nSPS) is 14.1. The molecule has 0 aromatic rings. The maximum Gasteiger partial charge on any atom is 0.305 e. The summed E-state index contributed by atoms with van der Waals surface area (Å²) in [5.41, 5.74) is 0. The van der Waals surface area contributed by atoms with Crippen molar-refractivity contribution in [2.75, 3.05) is 33.4 Å². The number of unbranched alkanes of at least 4 members (excludes halogenated alkanes) is 19. The smallest absolute Gasteiger partial charge is 0.305 e. The van der Waals surface area contributed by atoms with Crippen LogP contribution >= 0.6 is 0 Å². The minimum absolute atomic E-state index is 0.0803. The van der Waals surface area contributed by atoms with Gasteiger partial charge in [-0.3, -0.25) is 4.79 Å². The molecule has 4 unspecified atom stereocenters. The molecule has 0 aliphatic rings. The quantitative estimate of drug-likeness (QED) is 0.0366. The van der Waals surface area contributed by atoms with Gasteiger partial charge in [0.15, 0.2) is 0 Å². The van der Waals surface area contributed by atoms with Crippen molar-refractivity contribution in [3.63, 3.8) is 0 Å². The van der Waals surface area contributed by atoms with Gasteiger partial charge in [-0.1, -0.05) is 149 Å². The van der Waals surface area contributed by atoms with E-state index in [4.69, 9.17) is 23.7 Å². The molecule has 0 heterocycles. The molecule has 300 valence electrons. The van der Waals surface area contributed by atoms with Crippen molar-refractivity contribution in [2.45, 2.75) is 232 Å². The van der Waals surface area contributed by atoms with E-state index in [0.29, 0.717) is 26.2 Å². The van der Waals surface area contributed by atoms with Gasteiger partial charge in [0.1, 0.15) is 13.6 Å². The molecular formula is C42H84O8. The highest BCUT2D eigenvalue weighted by atomic mass is 16.7. The number of hydrogen-bond acceptors (Lipinski definition) is 8. The van der Waals surface area contributed by atoms with Crippen LogP contribution in [-0.2, 0) is 28.5 Å². The maximum atomic E-state index is 12.2. The fourth-order valence-corrected chi connectivity index (χ4v) is 6.41. The number of carbonyl (C=O) groups is 1. The van der Waals surface area contributed by atoms with E-state index in [1.54, 1.807) is 0 Å². The van der Waals surface area contributed by atoms with E-state index in [9.17, 15) is 15.0 Å². The summed E-state index contributed by atoms with van der Waals surface area (Å²) < 4.78 is 28.0. The first-order chi connectivity index (χ1) is 24.5. The van der Waals surface area contributed by atoms with E-state index in [2.05, 4.69) is 13.8 Å². The van der Waals surface area contributed by atoms with Crippen LogP contribution in [0, 0.1) is 0 Å². The van der Waals surface area contributed by atoms with Crippen LogP contribution in [0.4, 0.5) is 0 Å². The van der Waals surface area contributed by atoms with E-state index in [1.807, 2.05) is 13.8 Å². The first-order valence-corrected chi connectivity index (χ1v) is 21.4. The van der Waals surface area contributed by atoms with Crippen molar-refractivity contribution < 1.29 is 38.7 Å².